The van der Waals surface area contributed by atoms with Crippen molar-refractivity contribution in [2.45, 2.75) is 31.2 Å². The highest BCUT2D eigenvalue weighted by Gasteiger charge is 2.30. The van der Waals surface area contributed by atoms with Crippen LogP contribution >= 0.6 is 22.4 Å². The van der Waals surface area contributed by atoms with Crippen LogP contribution in [-0.4, -0.2) is 29.6 Å². The van der Waals surface area contributed by atoms with Gasteiger partial charge >= 0.3 is 0 Å². The second-order valence-corrected chi connectivity index (χ2v) is 8.73. The molecule has 0 amide bonds. The molecule has 0 spiro atoms. The van der Waals surface area contributed by atoms with E-state index >= 15 is 0 Å². The predicted molar refractivity (Wildman–Crippen MR) is 115 cm³/mol. The van der Waals surface area contributed by atoms with Gasteiger partial charge in [0.05, 0.1) is 11.1 Å². The molecule has 4 rings (SSSR count). The summed E-state index contributed by atoms with van der Waals surface area (Å²) >= 11 is 6.03. The number of unbranched alkanes of at least 4 members (excludes halogenated alkanes) is 1. The Balaban J connectivity index is 1.97. The predicted octanol–water partition coefficient (Wildman–Crippen LogP) is 4.45. The molecule has 0 fully saturated rings. The van der Waals surface area contributed by atoms with Crippen LogP contribution in [0, 0.1) is 0 Å². The molecule has 1 aliphatic heterocycles. The summed E-state index contributed by atoms with van der Waals surface area (Å²) in [5.41, 5.74) is 0.00707. The van der Waals surface area contributed by atoms with Gasteiger partial charge in [-0.25, -0.2) is 4.98 Å². The van der Waals surface area contributed by atoms with Crippen LogP contribution in [0.25, 0.3) is 11.0 Å². The first kappa shape index (κ1) is 19.7. The van der Waals surface area contributed by atoms with Crippen molar-refractivity contribution in [2.75, 3.05) is 5.32 Å². The fourth-order valence-corrected chi connectivity index (χ4v) is 4.59. The van der Waals surface area contributed by atoms with Crippen molar-refractivity contribution in [3.63, 3.8) is 0 Å². The molecule has 0 radical (unpaired) electrons. The molecule has 0 bridgehead atoms. The van der Waals surface area contributed by atoms with Crippen LogP contribution in [0.15, 0.2) is 50.6 Å². The van der Waals surface area contributed by atoms with Crippen molar-refractivity contribution < 1.29 is 14.2 Å². The number of nitrogens with zero attached hydrogens (tertiary/aromatic N) is 3. The summed E-state index contributed by atoms with van der Waals surface area (Å²) in [5.74, 6) is -0.448. The Morgan fingerprint density at radius 1 is 1.28 bits per heavy atom. The van der Waals surface area contributed by atoms with Crippen molar-refractivity contribution in [3.8, 4) is 5.75 Å². The largest absolute Gasteiger partial charge is 0.506 e. The fraction of sp³-hybridized carbons (Fsp3) is 0.211. The highest BCUT2D eigenvalue weighted by Crippen LogP contribution is 2.56. The molecule has 152 valence electrons. The lowest BCUT2D eigenvalue weighted by Crippen LogP contribution is -2.32. The number of fused-ring (bicyclic) bond motifs is 2. The van der Waals surface area contributed by atoms with Gasteiger partial charge in [-0.3, -0.25) is 18.5 Å². The van der Waals surface area contributed by atoms with E-state index in [1.807, 2.05) is 6.92 Å². The van der Waals surface area contributed by atoms with E-state index < -0.39 is 16.3 Å². The van der Waals surface area contributed by atoms with Gasteiger partial charge < -0.3 is 10.4 Å². The molecule has 2 aromatic heterocycles. The normalized spacial score (nSPS) is 16.1. The third-order valence-corrected chi connectivity index (χ3v) is 6.29. The Bertz CT molecular complexity index is 1210. The smallest absolute Gasteiger partial charge is 0.267 e. The number of benzene rings is 1. The lowest BCUT2D eigenvalue weighted by molar-refractivity contribution is 0.476. The van der Waals surface area contributed by atoms with Gasteiger partial charge in [-0.15, -0.1) is 4.40 Å². The number of aromatic hydroxyl groups is 1. The summed E-state index contributed by atoms with van der Waals surface area (Å²) in [7, 11) is -3.58. The monoisotopic (exact) mass is 434 g/mol. The molecule has 0 saturated carbocycles. The zero-order valence-electron chi connectivity index (χ0n) is 15.5. The molecule has 1 aromatic carbocycles. The molecule has 10 heteroatoms. The molecule has 1 aliphatic rings. The van der Waals surface area contributed by atoms with Crippen LogP contribution in [0.3, 0.4) is 0 Å². The van der Waals surface area contributed by atoms with Crippen molar-refractivity contribution >= 4 is 44.9 Å². The van der Waals surface area contributed by atoms with Gasteiger partial charge in [-0.05, 0) is 36.8 Å². The number of hydrogen-bond acceptors (Lipinski definition) is 7. The summed E-state index contributed by atoms with van der Waals surface area (Å²) < 4.78 is 26.5. The van der Waals surface area contributed by atoms with Gasteiger partial charge in [0.25, 0.3) is 5.56 Å². The molecule has 3 aromatic rings. The Morgan fingerprint density at radius 3 is 2.83 bits per heavy atom. The van der Waals surface area contributed by atoms with Crippen LogP contribution in [-0.2, 0) is 6.54 Å². The molecular weight excluding hydrogens is 416 g/mol. The maximum Gasteiger partial charge on any atom is 0.267 e. The average Bonchev–Trinajstić information content (AvgIpc) is 2.67. The molecule has 0 unspecified atom stereocenters. The van der Waals surface area contributed by atoms with Gasteiger partial charge in [0.2, 0.25) is 0 Å². The number of pyridine rings is 2. The molecule has 0 saturated heterocycles. The van der Waals surface area contributed by atoms with Crippen LogP contribution in [0.5, 0.6) is 5.75 Å². The zero-order valence-corrected chi connectivity index (χ0v) is 17.0. The van der Waals surface area contributed by atoms with Gasteiger partial charge in [0.15, 0.2) is 5.84 Å². The maximum absolute atomic E-state index is 13.3. The molecule has 8 nitrogen and oxygen atoms in total. The van der Waals surface area contributed by atoms with E-state index in [-0.39, 0.29) is 22.0 Å². The van der Waals surface area contributed by atoms with Crippen molar-refractivity contribution in [3.05, 3.63) is 57.5 Å². The average molecular weight is 435 g/mol. The van der Waals surface area contributed by atoms with Gasteiger partial charge in [-0.2, -0.15) is 0 Å². The van der Waals surface area contributed by atoms with E-state index in [1.165, 1.54) is 22.8 Å². The summed E-state index contributed by atoms with van der Waals surface area (Å²) in [6, 6.07) is 7.79. The number of amidine groups is 1. The fourth-order valence-electron chi connectivity index (χ4n) is 3.27. The first-order valence-electron chi connectivity index (χ1n) is 8.99. The summed E-state index contributed by atoms with van der Waals surface area (Å²) in [6.45, 7) is 2.41. The number of aryl methyl sites for hydroxylation is 1. The van der Waals surface area contributed by atoms with E-state index in [9.17, 15) is 19.0 Å². The maximum atomic E-state index is 13.3. The highest BCUT2D eigenvalue weighted by molar-refractivity contribution is 8.23. The Hall–Kier alpha value is -2.59. The minimum absolute atomic E-state index is 0.127. The van der Waals surface area contributed by atoms with Gasteiger partial charge in [0.1, 0.15) is 21.9 Å². The number of aromatic nitrogens is 2. The Morgan fingerprint density at radius 2 is 2.07 bits per heavy atom. The first-order chi connectivity index (χ1) is 13.8. The lowest BCUT2D eigenvalue weighted by Gasteiger charge is -2.34. The minimum atomic E-state index is -3.58. The molecule has 3 heterocycles. The number of hydrogen-bond donors (Lipinski definition) is 4. The Kier molecular flexibility index (Phi) is 4.99. The topological polar surface area (TPSA) is 120 Å². The highest BCUT2D eigenvalue weighted by atomic mass is 35.5. The molecule has 4 N–H and O–H groups in total. The standard InChI is InChI=1S/C19H19ClN4O4S/c1-2-3-9-24-18-12(5-4-8-21-18)16(25)15(19(24)26)17-22-13-10-11(20)6-7-14(13)29(27,28)23-17/h4-8,10,25,27-28H,2-3,9H2,1H3,(H,22,23). The van der Waals surface area contributed by atoms with Gasteiger partial charge in [-0.1, -0.05) is 35.7 Å². The number of nitrogens with one attached hydrogen (secondary N) is 1. The van der Waals surface area contributed by atoms with Crippen molar-refractivity contribution in [1.82, 2.24) is 9.55 Å². The van der Waals surface area contributed by atoms with E-state index in [0.717, 1.165) is 12.8 Å². The van der Waals surface area contributed by atoms with E-state index in [1.54, 1.807) is 18.3 Å². The SMILES string of the molecule is CCCCn1c(=O)c(C2=NS(O)(O)c3ccc(Cl)cc3N2)c(O)c2cccnc21. The van der Waals surface area contributed by atoms with Crippen LogP contribution in [0.2, 0.25) is 5.02 Å². The van der Waals surface area contributed by atoms with E-state index in [2.05, 4.69) is 14.7 Å². The van der Waals surface area contributed by atoms with Gasteiger partial charge in [0, 0.05) is 17.8 Å². The minimum Gasteiger partial charge on any atom is -0.506 e. The second-order valence-electron chi connectivity index (χ2n) is 6.63. The molecule has 0 atom stereocenters. The van der Waals surface area contributed by atoms with E-state index in [4.69, 9.17) is 11.6 Å². The molecule has 0 aliphatic carbocycles. The summed E-state index contributed by atoms with van der Waals surface area (Å²) in [4.78, 5) is 17.7. The number of halogens is 1. The van der Waals surface area contributed by atoms with Crippen molar-refractivity contribution in [1.29, 1.82) is 0 Å². The summed E-state index contributed by atoms with van der Waals surface area (Å²) in [6.07, 6.45) is 3.15. The molecular formula is C19H19ClN4O4S. The number of anilines is 1. The number of rotatable bonds is 4. The van der Waals surface area contributed by atoms with Crippen molar-refractivity contribution in [2.24, 2.45) is 4.40 Å². The lowest BCUT2D eigenvalue weighted by atomic mass is 10.1. The Labute approximate surface area is 173 Å². The zero-order chi connectivity index (χ0) is 20.8. The third kappa shape index (κ3) is 3.36. The third-order valence-electron chi connectivity index (χ3n) is 4.67. The van der Waals surface area contributed by atoms with Crippen LogP contribution in [0.4, 0.5) is 5.69 Å². The molecule has 29 heavy (non-hydrogen) atoms. The van der Waals surface area contributed by atoms with E-state index in [0.29, 0.717) is 28.3 Å². The quantitative estimate of drug-likeness (QED) is 0.481. The second kappa shape index (κ2) is 7.34. The van der Waals surface area contributed by atoms with Crippen LogP contribution < -0.4 is 10.9 Å². The van der Waals surface area contributed by atoms with Crippen LogP contribution in [0.1, 0.15) is 25.3 Å². The first-order valence-corrected chi connectivity index (χ1v) is 10.9. The summed E-state index contributed by atoms with van der Waals surface area (Å²) in [5, 5.41) is 14.5.